The Labute approximate surface area is 120 Å². The molecule has 0 aliphatic carbocycles. The first kappa shape index (κ1) is 16.0. The highest BCUT2D eigenvalue weighted by Crippen LogP contribution is 2.27. The lowest BCUT2D eigenvalue weighted by molar-refractivity contribution is -0.275. The number of nitrogens with zero attached hydrogens (tertiary/aromatic N) is 1. The third-order valence-electron chi connectivity index (χ3n) is 3.55. The Bertz CT molecular complexity index is 471. The number of likely N-dealkylation sites (tertiary alicyclic amines) is 1. The zero-order chi connectivity index (χ0) is 15.5. The average Bonchev–Trinajstić information content (AvgIpc) is 2.38. The summed E-state index contributed by atoms with van der Waals surface area (Å²) in [5.41, 5.74) is 0.299. The molecule has 3 nitrogen and oxygen atoms in total. The molecule has 0 spiro atoms. The van der Waals surface area contributed by atoms with Crippen LogP contribution in [0.1, 0.15) is 18.4 Å². The second kappa shape index (κ2) is 6.62. The molecule has 1 aromatic carbocycles. The van der Waals surface area contributed by atoms with E-state index in [2.05, 4.69) is 15.0 Å². The maximum Gasteiger partial charge on any atom is 0.573 e. The third kappa shape index (κ3) is 5.17. The maximum absolute atomic E-state index is 13.1. The minimum Gasteiger partial charge on any atom is -0.405 e. The maximum atomic E-state index is 13.1. The lowest BCUT2D eigenvalue weighted by atomic mass is 10.0. The van der Waals surface area contributed by atoms with E-state index >= 15 is 0 Å². The number of piperidine rings is 1. The third-order valence-corrected chi connectivity index (χ3v) is 3.55. The molecular weight excluding hydrogens is 288 g/mol. The van der Waals surface area contributed by atoms with E-state index in [1.165, 1.54) is 6.07 Å². The van der Waals surface area contributed by atoms with Gasteiger partial charge in [-0.3, -0.25) is 0 Å². The quantitative estimate of drug-likeness (QED) is 0.866. The highest BCUT2D eigenvalue weighted by atomic mass is 19.4. The summed E-state index contributed by atoms with van der Waals surface area (Å²) in [7, 11) is 2.03. The summed E-state index contributed by atoms with van der Waals surface area (Å²) in [5.74, 6) is -1.24. The van der Waals surface area contributed by atoms with E-state index in [4.69, 9.17) is 0 Å². The fraction of sp³-hybridized carbons (Fsp3) is 0.571. The van der Waals surface area contributed by atoms with Gasteiger partial charge >= 0.3 is 6.36 Å². The fourth-order valence-electron chi connectivity index (χ4n) is 2.36. The molecule has 0 saturated carbocycles. The SMILES string of the molecule is CN1CCC(NCc2ccc(F)cc2OC(F)(F)F)CC1. The minimum atomic E-state index is -4.82. The van der Waals surface area contributed by atoms with Crippen LogP contribution in [0.5, 0.6) is 5.75 Å². The second-order valence-corrected chi connectivity index (χ2v) is 5.26. The molecule has 1 fully saturated rings. The van der Waals surface area contributed by atoms with Crippen LogP contribution in [-0.4, -0.2) is 37.4 Å². The van der Waals surface area contributed by atoms with E-state index in [-0.39, 0.29) is 12.6 Å². The van der Waals surface area contributed by atoms with Crippen molar-refractivity contribution in [2.24, 2.45) is 0 Å². The first-order valence-corrected chi connectivity index (χ1v) is 6.79. The van der Waals surface area contributed by atoms with Crippen molar-refractivity contribution in [1.29, 1.82) is 0 Å². The van der Waals surface area contributed by atoms with Gasteiger partial charge in [0.1, 0.15) is 11.6 Å². The molecular formula is C14H18F4N2O. The molecule has 0 unspecified atom stereocenters. The Morgan fingerprint density at radius 2 is 1.95 bits per heavy atom. The Morgan fingerprint density at radius 3 is 2.57 bits per heavy atom. The van der Waals surface area contributed by atoms with Gasteiger partial charge in [-0.2, -0.15) is 0 Å². The zero-order valence-electron chi connectivity index (χ0n) is 11.7. The molecule has 1 aromatic rings. The first-order chi connectivity index (χ1) is 9.83. The summed E-state index contributed by atoms with van der Waals surface area (Å²) in [5, 5.41) is 3.21. The Balaban J connectivity index is 1.99. The van der Waals surface area contributed by atoms with Gasteiger partial charge in [0.05, 0.1) is 0 Å². The van der Waals surface area contributed by atoms with Crippen molar-refractivity contribution >= 4 is 0 Å². The Hall–Kier alpha value is -1.34. The van der Waals surface area contributed by atoms with Gasteiger partial charge in [-0.15, -0.1) is 13.2 Å². The molecule has 21 heavy (non-hydrogen) atoms. The van der Waals surface area contributed by atoms with Gasteiger partial charge < -0.3 is 15.0 Å². The van der Waals surface area contributed by atoms with Crippen molar-refractivity contribution in [3.05, 3.63) is 29.6 Å². The average molecular weight is 306 g/mol. The van der Waals surface area contributed by atoms with E-state index in [1.54, 1.807) is 0 Å². The first-order valence-electron chi connectivity index (χ1n) is 6.79. The van der Waals surface area contributed by atoms with Crippen LogP contribution in [0.4, 0.5) is 17.6 Å². The fourth-order valence-corrected chi connectivity index (χ4v) is 2.36. The normalized spacial score (nSPS) is 18.0. The van der Waals surface area contributed by atoms with Crippen LogP contribution in [0.3, 0.4) is 0 Å². The van der Waals surface area contributed by atoms with Crippen LogP contribution in [0.25, 0.3) is 0 Å². The van der Waals surface area contributed by atoms with E-state index in [0.717, 1.165) is 38.1 Å². The van der Waals surface area contributed by atoms with Crippen LogP contribution >= 0.6 is 0 Å². The van der Waals surface area contributed by atoms with E-state index in [1.807, 2.05) is 7.05 Å². The summed E-state index contributed by atoms with van der Waals surface area (Å²) in [4.78, 5) is 2.20. The number of alkyl halides is 3. The molecule has 2 rings (SSSR count). The van der Waals surface area contributed by atoms with Crippen LogP contribution < -0.4 is 10.1 Å². The standard InChI is InChI=1S/C14H18F4N2O/c1-20-6-4-12(5-7-20)19-9-10-2-3-11(15)8-13(10)21-14(16,17)18/h2-3,8,12,19H,4-7,9H2,1H3. The molecule has 0 amide bonds. The highest BCUT2D eigenvalue weighted by molar-refractivity contribution is 5.34. The van der Waals surface area contributed by atoms with Crippen molar-refractivity contribution in [3.8, 4) is 5.75 Å². The second-order valence-electron chi connectivity index (χ2n) is 5.26. The largest absolute Gasteiger partial charge is 0.573 e. The number of hydrogen-bond acceptors (Lipinski definition) is 3. The van der Waals surface area contributed by atoms with E-state index in [0.29, 0.717) is 5.56 Å². The van der Waals surface area contributed by atoms with Crippen LogP contribution in [0, 0.1) is 5.82 Å². The molecule has 1 saturated heterocycles. The van der Waals surface area contributed by atoms with Gasteiger partial charge in [-0.1, -0.05) is 6.07 Å². The highest BCUT2D eigenvalue weighted by Gasteiger charge is 2.32. The predicted molar refractivity (Wildman–Crippen MR) is 70.4 cm³/mol. The smallest absolute Gasteiger partial charge is 0.405 e. The van der Waals surface area contributed by atoms with Crippen molar-refractivity contribution in [3.63, 3.8) is 0 Å². The summed E-state index contributed by atoms with van der Waals surface area (Å²) >= 11 is 0. The molecule has 7 heteroatoms. The molecule has 1 heterocycles. The molecule has 0 aromatic heterocycles. The summed E-state index contributed by atoms with van der Waals surface area (Å²) in [6.07, 6.45) is -2.95. The number of halogens is 4. The zero-order valence-corrected chi connectivity index (χ0v) is 11.7. The summed E-state index contributed by atoms with van der Waals surface area (Å²) in [6, 6.07) is 3.47. The number of rotatable bonds is 4. The Kier molecular flexibility index (Phi) is 5.05. The van der Waals surface area contributed by atoms with Gasteiger partial charge in [-0.25, -0.2) is 4.39 Å². The lowest BCUT2D eigenvalue weighted by Gasteiger charge is -2.29. The van der Waals surface area contributed by atoms with Crippen molar-refractivity contribution < 1.29 is 22.3 Å². The predicted octanol–water partition coefficient (Wildman–Crippen LogP) is 2.91. The van der Waals surface area contributed by atoms with Crippen molar-refractivity contribution in [2.75, 3.05) is 20.1 Å². The minimum absolute atomic E-state index is 0.222. The lowest BCUT2D eigenvalue weighted by Crippen LogP contribution is -2.40. The monoisotopic (exact) mass is 306 g/mol. The molecule has 1 aliphatic heterocycles. The molecule has 1 N–H and O–H groups in total. The van der Waals surface area contributed by atoms with Gasteiger partial charge in [0.2, 0.25) is 0 Å². The van der Waals surface area contributed by atoms with Crippen LogP contribution in [0.2, 0.25) is 0 Å². The number of nitrogens with one attached hydrogen (secondary N) is 1. The van der Waals surface area contributed by atoms with Crippen LogP contribution in [0.15, 0.2) is 18.2 Å². The molecule has 0 bridgehead atoms. The number of benzene rings is 1. The molecule has 0 radical (unpaired) electrons. The van der Waals surface area contributed by atoms with E-state index in [9.17, 15) is 17.6 Å². The molecule has 0 atom stereocenters. The van der Waals surface area contributed by atoms with Gasteiger partial charge in [0, 0.05) is 24.2 Å². The van der Waals surface area contributed by atoms with Gasteiger partial charge in [-0.05, 0) is 39.0 Å². The van der Waals surface area contributed by atoms with E-state index < -0.39 is 17.9 Å². The molecule has 1 aliphatic rings. The number of ether oxygens (including phenoxy) is 1. The summed E-state index contributed by atoms with van der Waals surface area (Å²) < 4.78 is 53.9. The van der Waals surface area contributed by atoms with Crippen molar-refractivity contribution in [2.45, 2.75) is 31.8 Å². The van der Waals surface area contributed by atoms with Crippen molar-refractivity contribution in [1.82, 2.24) is 10.2 Å². The van der Waals surface area contributed by atoms with Crippen LogP contribution in [-0.2, 0) is 6.54 Å². The van der Waals surface area contributed by atoms with Gasteiger partial charge in [0.25, 0.3) is 0 Å². The Morgan fingerprint density at radius 1 is 1.29 bits per heavy atom. The topological polar surface area (TPSA) is 24.5 Å². The molecule has 118 valence electrons. The van der Waals surface area contributed by atoms with Gasteiger partial charge in [0.15, 0.2) is 0 Å². The number of hydrogen-bond donors (Lipinski definition) is 1. The summed E-state index contributed by atoms with van der Waals surface area (Å²) in [6.45, 7) is 2.13.